The van der Waals surface area contributed by atoms with Crippen molar-refractivity contribution in [3.63, 3.8) is 0 Å². The van der Waals surface area contributed by atoms with E-state index in [1.807, 2.05) is 52.3 Å². The SMILES string of the molecule is O=C(CN1CCN(C(=O)C2=Cc3ccccc3OC2)CC1)Nc1ccccc1Cl. The van der Waals surface area contributed by atoms with Crippen LogP contribution in [-0.2, 0) is 9.59 Å². The third kappa shape index (κ3) is 4.60. The number of fused-ring (bicyclic) bond motifs is 1. The van der Waals surface area contributed by atoms with Gasteiger partial charge in [-0.3, -0.25) is 14.5 Å². The lowest BCUT2D eigenvalue weighted by atomic mass is 10.1. The molecule has 0 saturated carbocycles. The van der Waals surface area contributed by atoms with Crippen molar-refractivity contribution in [2.75, 3.05) is 44.6 Å². The number of halogens is 1. The number of para-hydroxylation sites is 2. The summed E-state index contributed by atoms with van der Waals surface area (Å²) in [5.74, 6) is 0.691. The number of ether oxygens (including phenoxy) is 1. The molecule has 29 heavy (non-hydrogen) atoms. The molecule has 0 atom stereocenters. The molecule has 0 aromatic heterocycles. The third-order valence-corrected chi connectivity index (χ3v) is 5.41. The van der Waals surface area contributed by atoms with Gasteiger partial charge in [0.05, 0.1) is 22.8 Å². The van der Waals surface area contributed by atoms with Crippen molar-refractivity contribution in [2.24, 2.45) is 0 Å². The molecule has 1 saturated heterocycles. The van der Waals surface area contributed by atoms with E-state index < -0.39 is 0 Å². The molecular formula is C22H22ClN3O3. The van der Waals surface area contributed by atoms with E-state index in [0.29, 0.717) is 42.5 Å². The van der Waals surface area contributed by atoms with Crippen molar-refractivity contribution < 1.29 is 14.3 Å². The first kappa shape index (κ1) is 19.5. The number of benzene rings is 2. The van der Waals surface area contributed by atoms with E-state index in [0.717, 1.165) is 11.3 Å². The summed E-state index contributed by atoms with van der Waals surface area (Å²) >= 11 is 6.08. The van der Waals surface area contributed by atoms with Gasteiger partial charge in [-0.25, -0.2) is 0 Å². The van der Waals surface area contributed by atoms with Crippen molar-refractivity contribution in [3.8, 4) is 5.75 Å². The Balaban J connectivity index is 1.29. The van der Waals surface area contributed by atoms with Gasteiger partial charge >= 0.3 is 0 Å². The number of piperazine rings is 1. The van der Waals surface area contributed by atoms with Crippen molar-refractivity contribution in [1.29, 1.82) is 0 Å². The molecule has 2 aromatic rings. The average molecular weight is 412 g/mol. The molecule has 0 unspecified atom stereocenters. The lowest BCUT2D eigenvalue weighted by Crippen LogP contribution is -2.51. The van der Waals surface area contributed by atoms with Crippen LogP contribution in [0.5, 0.6) is 5.75 Å². The van der Waals surface area contributed by atoms with Gasteiger partial charge in [-0.05, 0) is 24.3 Å². The number of nitrogens with zero attached hydrogens (tertiary/aromatic N) is 2. The van der Waals surface area contributed by atoms with Crippen LogP contribution in [-0.4, -0.2) is 60.9 Å². The molecule has 4 rings (SSSR count). The summed E-state index contributed by atoms with van der Waals surface area (Å²) in [5, 5.41) is 3.35. The van der Waals surface area contributed by atoms with E-state index in [1.165, 1.54) is 0 Å². The molecule has 0 bridgehead atoms. The Bertz CT molecular complexity index is 952. The highest BCUT2D eigenvalue weighted by Gasteiger charge is 2.26. The Morgan fingerprint density at radius 1 is 1.00 bits per heavy atom. The monoisotopic (exact) mass is 411 g/mol. The standard InChI is InChI=1S/C22H22ClN3O3/c23-18-6-2-3-7-19(18)24-21(27)14-25-9-11-26(12-10-25)22(28)17-13-16-5-1-4-8-20(16)29-15-17/h1-8,13H,9-12,14-15H2,(H,24,27). The Hall–Kier alpha value is -2.83. The van der Waals surface area contributed by atoms with E-state index in [-0.39, 0.29) is 25.0 Å². The van der Waals surface area contributed by atoms with Crippen molar-refractivity contribution >= 4 is 35.2 Å². The van der Waals surface area contributed by atoms with Crippen LogP contribution < -0.4 is 10.1 Å². The second-order valence-corrected chi connectivity index (χ2v) is 7.50. The number of carbonyl (C=O) groups is 2. The van der Waals surface area contributed by atoms with E-state index >= 15 is 0 Å². The van der Waals surface area contributed by atoms with Gasteiger partial charge in [-0.1, -0.05) is 41.9 Å². The number of nitrogens with one attached hydrogen (secondary N) is 1. The van der Waals surface area contributed by atoms with Crippen molar-refractivity contribution in [2.45, 2.75) is 0 Å². The minimum absolute atomic E-state index is 0.000304. The predicted molar refractivity (Wildman–Crippen MR) is 113 cm³/mol. The van der Waals surface area contributed by atoms with Gasteiger partial charge in [0, 0.05) is 31.7 Å². The zero-order chi connectivity index (χ0) is 20.2. The topological polar surface area (TPSA) is 61.9 Å². The summed E-state index contributed by atoms with van der Waals surface area (Å²) in [5.41, 5.74) is 2.20. The van der Waals surface area contributed by atoms with Crippen LogP contribution in [0.1, 0.15) is 5.56 Å². The van der Waals surface area contributed by atoms with Gasteiger partial charge in [-0.15, -0.1) is 0 Å². The highest BCUT2D eigenvalue weighted by atomic mass is 35.5. The predicted octanol–water partition coefficient (Wildman–Crippen LogP) is 2.90. The maximum Gasteiger partial charge on any atom is 0.253 e. The highest BCUT2D eigenvalue weighted by Crippen LogP contribution is 2.26. The fraction of sp³-hybridized carbons (Fsp3) is 0.273. The summed E-state index contributed by atoms with van der Waals surface area (Å²) in [6, 6.07) is 14.8. The minimum Gasteiger partial charge on any atom is -0.488 e. The van der Waals surface area contributed by atoms with Crippen LogP contribution in [0.2, 0.25) is 5.02 Å². The van der Waals surface area contributed by atoms with Gasteiger partial charge in [-0.2, -0.15) is 0 Å². The van der Waals surface area contributed by atoms with Gasteiger partial charge in [0.1, 0.15) is 12.4 Å². The van der Waals surface area contributed by atoms with Crippen LogP contribution in [0.3, 0.4) is 0 Å². The Morgan fingerprint density at radius 2 is 1.72 bits per heavy atom. The fourth-order valence-electron chi connectivity index (χ4n) is 3.51. The maximum atomic E-state index is 12.8. The molecular weight excluding hydrogens is 390 g/mol. The largest absolute Gasteiger partial charge is 0.488 e. The molecule has 1 N–H and O–H groups in total. The molecule has 2 heterocycles. The van der Waals surface area contributed by atoms with Crippen LogP contribution >= 0.6 is 11.6 Å². The summed E-state index contributed by atoms with van der Waals surface area (Å²) < 4.78 is 5.70. The molecule has 6 nitrogen and oxygen atoms in total. The first-order valence-electron chi connectivity index (χ1n) is 9.58. The number of anilines is 1. The summed E-state index contributed by atoms with van der Waals surface area (Å²) in [7, 11) is 0. The first-order chi connectivity index (χ1) is 14.1. The number of rotatable bonds is 4. The van der Waals surface area contributed by atoms with Gasteiger partial charge in [0.25, 0.3) is 5.91 Å². The Morgan fingerprint density at radius 3 is 2.52 bits per heavy atom. The van der Waals surface area contributed by atoms with Crippen molar-refractivity contribution in [1.82, 2.24) is 9.80 Å². The van der Waals surface area contributed by atoms with E-state index in [4.69, 9.17) is 16.3 Å². The second-order valence-electron chi connectivity index (χ2n) is 7.09. The minimum atomic E-state index is -0.113. The molecule has 2 aliphatic rings. The first-order valence-corrected chi connectivity index (χ1v) is 9.96. The number of hydrogen-bond donors (Lipinski definition) is 1. The second kappa shape index (κ2) is 8.68. The lowest BCUT2D eigenvalue weighted by molar-refractivity contribution is -0.129. The Kier molecular flexibility index (Phi) is 5.83. The number of carbonyl (C=O) groups excluding carboxylic acids is 2. The number of amides is 2. The van der Waals surface area contributed by atoms with Crippen molar-refractivity contribution in [3.05, 3.63) is 64.7 Å². The summed E-state index contributed by atoms with van der Waals surface area (Å²) in [4.78, 5) is 29.0. The number of hydrogen-bond acceptors (Lipinski definition) is 4. The zero-order valence-corrected chi connectivity index (χ0v) is 16.7. The van der Waals surface area contributed by atoms with Crippen LogP contribution in [0, 0.1) is 0 Å². The summed E-state index contributed by atoms with van der Waals surface area (Å²) in [6.45, 7) is 3.01. The molecule has 7 heteroatoms. The van der Waals surface area contributed by atoms with E-state index in [2.05, 4.69) is 5.32 Å². The van der Waals surface area contributed by atoms with Gasteiger partial charge < -0.3 is 15.0 Å². The summed E-state index contributed by atoms with van der Waals surface area (Å²) in [6.07, 6.45) is 1.91. The maximum absolute atomic E-state index is 12.8. The molecule has 150 valence electrons. The van der Waals surface area contributed by atoms with E-state index in [1.54, 1.807) is 12.1 Å². The molecule has 2 aromatic carbocycles. The molecule has 0 radical (unpaired) electrons. The van der Waals surface area contributed by atoms with Gasteiger partial charge in [0.15, 0.2) is 0 Å². The zero-order valence-electron chi connectivity index (χ0n) is 15.9. The highest BCUT2D eigenvalue weighted by molar-refractivity contribution is 6.33. The van der Waals surface area contributed by atoms with Crippen LogP contribution in [0.4, 0.5) is 5.69 Å². The molecule has 0 spiro atoms. The van der Waals surface area contributed by atoms with Crippen LogP contribution in [0.15, 0.2) is 54.1 Å². The lowest BCUT2D eigenvalue weighted by Gasteiger charge is -2.35. The third-order valence-electron chi connectivity index (χ3n) is 5.08. The molecule has 2 aliphatic heterocycles. The smallest absolute Gasteiger partial charge is 0.253 e. The molecule has 0 aliphatic carbocycles. The van der Waals surface area contributed by atoms with E-state index in [9.17, 15) is 9.59 Å². The van der Waals surface area contributed by atoms with Crippen LogP contribution in [0.25, 0.3) is 6.08 Å². The Labute approximate surface area is 174 Å². The molecule has 1 fully saturated rings. The van der Waals surface area contributed by atoms with Gasteiger partial charge in [0.2, 0.25) is 5.91 Å². The fourth-order valence-corrected chi connectivity index (χ4v) is 3.69. The molecule has 2 amide bonds. The normalized spacial score (nSPS) is 16.4. The average Bonchev–Trinajstić information content (AvgIpc) is 2.75. The quantitative estimate of drug-likeness (QED) is 0.840.